The van der Waals surface area contributed by atoms with Crippen molar-refractivity contribution >= 4 is 5.69 Å². The molecule has 3 rings (SSSR count). The van der Waals surface area contributed by atoms with Crippen LogP contribution in [0.15, 0.2) is 18.2 Å². The second kappa shape index (κ2) is 3.20. The van der Waals surface area contributed by atoms with Gasteiger partial charge in [0.25, 0.3) is 0 Å². The summed E-state index contributed by atoms with van der Waals surface area (Å²) in [4.78, 5) is 2.28. The van der Waals surface area contributed by atoms with E-state index in [-0.39, 0.29) is 11.9 Å². The summed E-state index contributed by atoms with van der Waals surface area (Å²) in [5.74, 6) is -0.0635. The van der Waals surface area contributed by atoms with Crippen LogP contribution in [0, 0.1) is 5.82 Å². The van der Waals surface area contributed by atoms with Gasteiger partial charge in [-0.05, 0) is 31.4 Å². The summed E-state index contributed by atoms with van der Waals surface area (Å²) in [6, 6.07) is 6.15. The van der Waals surface area contributed by atoms with Crippen LogP contribution in [0.2, 0.25) is 0 Å². The first-order chi connectivity index (χ1) is 7.25. The molecule has 2 aliphatic heterocycles. The van der Waals surface area contributed by atoms with Gasteiger partial charge >= 0.3 is 0 Å². The predicted octanol–water partition coefficient (Wildman–Crippen LogP) is 1.68. The molecule has 1 saturated heterocycles. The summed E-state index contributed by atoms with van der Waals surface area (Å²) in [6.07, 6.45) is 2.95. The average Bonchev–Trinajstić information content (AvgIpc) is 2.59. The lowest BCUT2D eigenvalue weighted by atomic mass is 9.96. The number of hydrogen-bond acceptors (Lipinski definition) is 2. The van der Waals surface area contributed by atoms with Crippen molar-refractivity contribution in [2.24, 2.45) is 5.73 Å². The van der Waals surface area contributed by atoms with Crippen LogP contribution in [0.4, 0.5) is 10.1 Å². The second-order valence-electron chi connectivity index (χ2n) is 4.58. The molecule has 1 fully saturated rings. The number of fused-ring (bicyclic) bond motifs is 3. The fraction of sp³-hybridized carbons (Fsp3) is 0.500. The molecule has 2 heterocycles. The molecular formula is C12H15FN2. The van der Waals surface area contributed by atoms with Crippen molar-refractivity contribution < 1.29 is 4.39 Å². The Bertz CT molecular complexity index is 391. The molecule has 0 bridgehead atoms. The molecule has 0 amide bonds. The number of halogens is 1. The summed E-state index contributed by atoms with van der Waals surface area (Å²) in [6.45, 7) is 0.876. The Morgan fingerprint density at radius 2 is 2.27 bits per heavy atom. The van der Waals surface area contributed by atoms with Gasteiger partial charge in [0.15, 0.2) is 0 Å². The molecule has 0 aromatic heterocycles. The van der Waals surface area contributed by atoms with Gasteiger partial charge in [-0.15, -0.1) is 0 Å². The van der Waals surface area contributed by atoms with E-state index in [1.54, 1.807) is 12.1 Å². The maximum absolute atomic E-state index is 13.6. The Morgan fingerprint density at radius 3 is 3.13 bits per heavy atom. The monoisotopic (exact) mass is 206 g/mol. The highest BCUT2D eigenvalue weighted by atomic mass is 19.1. The Hall–Kier alpha value is -1.09. The van der Waals surface area contributed by atoms with Gasteiger partial charge in [0.1, 0.15) is 5.82 Å². The first kappa shape index (κ1) is 9.16. The minimum atomic E-state index is -0.0635. The second-order valence-corrected chi connectivity index (χ2v) is 4.58. The zero-order valence-electron chi connectivity index (χ0n) is 8.62. The van der Waals surface area contributed by atoms with Crippen LogP contribution in [0.25, 0.3) is 0 Å². The number of anilines is 1. The van der Waals surface area contributed by atoms with Crippen molar-refractivity contribution in [3.63, 3.8) is 0 Å². The van der Waals surface area contributed by atoms with Crippen LogP contribution in [0.1, 0.15) is 18.4 Å². The van der Waals surface area contributed by atoms with Crippen molar-refractivity contribution in [2.75, 3.05) is 11.4 Å². The quantitative estimate of drug-likeness (QED) is 0.699. The van der Waals surface area contributed by atoms with Gasteiger partial charge in [-0.1, -0.05) is 6.07 Å². The van der Waals surface area contributed by atoms with Crippen molar-refractivity contribution in [3.05, 3.63) is 29.6 Å². The lowest BCUT2D eigenvalue weighted by Gasteiger charge is -2.33. The Labute approximate surface area is 88.9 Å². The molecule has 1 aromatic carbocycles. The van der Waals surface area contributed by atoms with E-state index in [1.807, 2.05) is 6.07 Å². The van der Waals surface area contributed by atoms with Crippen LogP contribution in [-0.4, -0.2) is 18.6 Å². The molecule has 2 atom stereocenters. The molecule has 2 nitrogen and oxygen atoms in total. The van der Waals surface area contributed by atoms with Crippen LogP contribution in [0.3, 0.4) is 0 Å². The third kappa shape index (κ3) is 1.34. The average molecular weight is 206 g/mol. The van der Waals surface area contributed by atoms with E-state index in [2.05, 4.69) is 4.90 Å². The number of hydrogen-bond donors (Lipinski definition) is 1. The van der Waals surface area contributed by atoms with Crippen LogP contribution < -0.4 is 10.6 Å². The molecule has 2 aliphatic rings. The van der Waals surface area contributed by atoms with E-state index >= 15 is 0 Å². The SMILES string of the molecule is NC1CC2CCc3c(F)cccc3N2C1. The summed E-state index contributed by atoms with van der Waals surface area (Å²) in [5.41, 5.74) is 7.90. The zero-order valence-corrected chi connectivity index (χ0v) is 8.62. The normalized spacial score (nSPS) is 28.8. The highest BCUT2D eigenvalue weighted by molar-refractivity contribution is 5.58. The molecule has 2 unspecified atom stereocenters. The Kier molecular flexibility index (Phi) is 1.96. The van der Waals surface area contributed by atoms with Gasteiger partial charge in [-0.3, -0.25) is 0 Å². The first-order valence-electron chi connectivity index (χ1n) is 5.55. The number of rotatable bonds is 0. The molecule has 15 heavy (non-hydrogen) atoms. The van der Waals surface area contributed by atoms with E-state index in [0.29, 0.717) is 6.04 Å². The molecule has 3 heteroatoms. The van der Waals surface area contributed by atoms with E-state index < -0.39 is 0 Å². The molecule has 0 spiro atoms. The Morgan fingerprint density at radius 1 is 1.40 bits per heavy atom. The Balaban J connectivity index is 2.05. The summed E-state index contributed by atoms with van der Waals surface area (Å²) >= 11 is 0. The summed E-state index contributed by atoms with van der Waals surface area (Å²) in [5, 5.41) is 0. The molecule has 80 valence electrons. The maximum Gasteiger partial charge on any atom is 0.128 e. The fourth-order valence-electron chi connectivity index (χ4n) is 2.90. The summed E-state index contributed by atoms with van der Waals surface area (Å²) < 4.78 is 13.6. The number of benzene rings is 1. The topological polar surface area (TPSA) is 29.3 Å². The smallest absolute Gasteiger partial charge is 0.128 e. The third-order valence-electron chi connectivity index (χ3n) is 3.58. The van der Waals surface area contributed by atoms with E-state index in [4.69, 9.17) is 5.73 Å². The van der Waals surface area contributed by atoms with E-state index in [0.717, 1.165) is 37.1 Å². The minimum Gasteiger partial charge on any atom is -0.367 e. The van der Waals surface area contributed by atoms with Gasteiger partial charge < -0.3 is 10.6 Å². The highest BCUT2D eigenvalue weighted by Crippen LogP contribution is 2.36. The highest BCUT2D eigenvalue weighted by Gasteiger charge is 2.34. The number of nitrogens with zero attached hydrogens (tertiary/aromatic N) is 1. The molecule has 0 radical (unpaired) electrons. The van der Waals surface area contributed by atoms with Crippen molar-refractivity contribution in [2.45, 2.75) is 31.3 Å². The maximum atomic E-state index is 13.6. The van der Waals surface area contributed by atoms with Crippen molar-refractivity contribution in [3.8, 4) is 0 Å². The lowest BCUT2D eigenvalue weighted by molar-refractivity contribution is 0.544. The van der Waals surface area contributed by atoms with E-state index in [1.165, 1.54) is 0 Å². The molecule has 2 N–H and O–H groups in total. The predicted molar refractivity (Wildman–Crippen MR) is 58.4 cm³/mol. The van der Waals surface area contributed by atoms with Gasteiger partial charge in [-0.25, -0.2) is 4.39 Å². The molecule has 0 aliphatic carbocycles. The summed E-state index contributed by atoms with van der Waals surface area (Å²) in [7, 11) is 0. The van der Waals surface area contributed by atoms with Gasteiger partial charge in [-0.2, -0.15) is 0 Å². The van der Waals surface area contributed by atoms with Crippen molar-refractivity contribution in [1.29, 1.82) is 0 Å². The lowest BCUT2D eigenvalue weighted by Crippen LogP contribution is -2.35. The van der Waals surface area contributed by atoms with E-state index in [9.17, 15) is 4.39 Å². The van der Waals surface area contributed by atoms with Gasteiger partial charge in [0, 0.05) is 29.9 Å². The van der Waals surface area contributed by atoms with Crippen LogP contribution >= 0.6 is 0 Å². The molecule has 0 saturated carbocycles. The van der Waals surface area contributed by atoms with Crippen LogP contribution in [-0.2, 0) is 6.42 Å². The molecular weight excluding hydrogens is 191 g/mol. The molecule has 1 aromatic rings. The fourth-order valence-corrected chi connectivity index (χ4v) is 2.90. The van der Waals surface area contributed by atoms with Crippen molar-refractivity contribution in [1.82, 2.24) is 0 Å². The third-order valence-corrected chi connectivity index (χ3v) is 3.58. The first-order valence-corrected chi connectivity index (χ1v) is 5.55. The van der Waals surface area contributed by atoms with Gasteiger partial charge in [0.2, 0.25) is 0 Å². The largest absolute Gasteiger partial charge is 0.367 e. The minimum absolute atomic E-state index is 0.0635. The van der Waals surface area contributed by atoms with Crippen LogP contribution in [0.5, 0.6) is 0 Å². The van der Waals surface area contributed by atoms with Gasteiger partial charge in [0.05, 0.1) is 0 Å². The zero-order chi connectivity index (χ0) is 10.4. The standard InChI is InChI=1S/C12H15FN2/c13-11-2-1-3-12-10(11)5-4-9-6-8(14)7-15(9)12/h1-3,8-9H,4-7,14H2. The number of nitrogens with two attached hydrogens (primary N) is 1.